The molecule has 0 aliphatic heterocycles. The van der Waals surface area contributed by atoms with E-state index in [0.29, 0.717) is 5.52 Å². The van der Waals surface area contributed by atoms with Gasteiger partial charge in [-0.1, -0.05) is 36.3 Å². The summed E-state index contributed by atoms with van der Waals surface area (Å²) in [4.78, 5) is 22.1. The van der Waals surface area contributed by atoms with Gasteiger partial charge < -0.3 is 11.1 Å². The Morgan fingerprint density at radius 1 is 1.08 bits per heavy atom. The summed E-state index contributed by atoms with van der Waals surface area (Å²) < 4.78 is 2.83. The largest absolute Gasteiger partial charge is 0.383 e. The molecule has 39 heavy (non-hydrogen) atoms. The number of nitrogens with one attached hydrogen (secondary N) is 1. The third-order valence-corrected chi connectivity index (χ3v) is 7.53. The molecule has 0 aliphatic carbocycles. The molecular formula is C31H24N6OS. The zero-order valence-electron chi connectivity index (χ0n) is 21.3. The minimum Gasteiger partial charge on any atom is -0.383 e. The van der Waals surface area contributed by atoms with Crippen LogP contribution in [0.15, 0.2) is 84.6 Å². The topological polar surface area (TPSA) is 98.7 Å². The van der Waals surface area contributed by atoms with Gasteiger partial charge in [-0.05, 0) is 59.9 Å². The molecule has 8 heteroatoms. The number of nitrogens with zero attached hydrogens (tertiary/aromatic N) is 4. The minimum absolute atomic E-state index is 0.152. The van der Waals surface area contributed by atoms with Gasteiger partial charge >= 0.3 is 0 Å². The first-order chi connectivity index (χ1) is 19.0. The fraction of sp³-hybridized carbons (Fsp3) is 0.0968. The summed E-state index contributed by atoms with van der Waals surface area (Å²) in [6.45, 7) is 1.98. The van der Waals surface area contributed by atoms with Gasteiger partial charge in [-0.15, -0.1) is 11.3 Å². The molecule has 6 aromatic rings. The monoisotopic (exact) mass is 528 g/mol. The van der Waals surface area contributed by atoms with Crippen molar-refractivity contribution in [2.45, 2.75) is 13.0 Å². The van der Waals surface area contributed by atoms with Crippen molar-refractivity contribution in [3.05, 3.63) is 107 Å². The number of nitrogen functional groups attached to an aromatic ring is 1. The number of carbonyl (C=O) groups is 1. The molecule has 4 heterocycles. The van der Waals surface area contributed by atoms with E-state index in [1.807, 2.05) is 56.6 Å². The van der Waals surface area contributed by atoms with Crippen LogP contribution in [-0.2, 0) is 7.05 Å². The van der Waals surface area contributed by atoms with Crippen LogP contribution in [0.2, 0.25) is 0 Å². The maximum Gasteiger partial charge on any atom is 0.257 e. The highest BCUT2D eigenvalue weighted by Crippen LogP contribution is 2.36. The number of amides is 1. The average molecular weight is 529 g/mol. The molecule has 3 N–H and O–H groups in total. The summed E-state index contributed by atoms with van der Waals surface area (Å²) in [6.07, 6.45) is 5.15. The van der Waals surface area contributed by atoms with Gasteiger partial charge in [0, 0.05) is 52.1 Å². The fourth-order valence-corrected chi connectivity index (χ4v) is 5.57. The van der Waals surface area contributed by atoms with E-state index in [2.05, 4.69) is 61.9 Å². The molecule has 2 aromatic carbocycles. The van der Waals surface area contributed by atoms with Crippen molar-refractivity contribution in [3.8, 4) is 23.0 Å². The van der Waals surface area contributed by atoms with E-state index >= 15 is 0 Å². The lowest BCUT2D eigenvalue weighted by Gasteiger charge is -2.20. The van der Waals surface area contributed by atoms with Gasteiger partial charge in [0.2, 0.25) is 0 Å². The van der Waals surface area contributed by atoms with Gasteiger partial charge in [0.1, 0.15) is 17.1 Å². The molecule has 0 saturated carbocycles. The lowest BCUT2D eigenvalue weighted by molar-refractivity contribution is 0.0942. The Kier molecular flexibility index (Phi) is 6.27. The smallest absolute Gasteiger partial charge is 0.257 e. The fourth-order valence-electron chi connectivity index (χ4n) is 4.65. The molecule has 0 fully saturated rings. The number of aromatic nitrogens is 4. The van der Waals surface area contributed by atoms with E-state index in [-0.39, 0.29) is 23.3 Å². The number of carbonyl (C=O) groups excluding carboxylic acids is 1. The van der Waals surface area contributed by atoms with Gasteiger partial charge in [-0.25, -0.2) is 4.98 Å². The molecule has 0 saturated heterocycles. The summed E-state index contributed by atoms with van der Waals surface area (Å²) >= 11 is 1.63. The number of aryl methyl sites for hydroxylation is 1. The highest BCUT2D eigenvalue weighted by molar-refractivity contribution is 7.17. The lowest BCUT2D eigenvalue weighted by atomic mass is 9.93. The van der Waals surface area contributed by atoms with Crippen LogP contribution in [0.3, 0.4) is 0 Å². The summed E-state index contributed by atoms with van der Waals surface area (Å²) in [5, 5.41) is 11.4. The Hall–Kier alpha value is -5.00. The molecule has 0 bridgehead atoms. The number of thiophene rings is 1. The van der Waals surface area contributed by atoms with Crippen LogP contribution in [0, 0.1) is 11.8 Å². The average Bonchev–Trinajstić information content (AvgIpc) is 3.56. The van der Waals surface area contributed by atoms with Crippen molar-refractivity contribution in [2.24, 2.45) is 7.05 Å². The van der Waals surface area contributed by atoms with Crippen molar-refractivity contribution >= 4 is 44.1 Å². The van der Waals surface area contributed by atoms with Crippen LogP contribution >= 0.6 is 11.3 Å². The third-order valence-electron chi connectivity index (χ3n) is 6.59. The Morgan fingerprint density at radius 2 is 1.92 bits per heavy atom. The number of hydrogen-bond donors (Lipinski definition) is 2. The summed E-state index contributed by atoms with van der Waals surface area (Å²) in [5.74, 6) is 6.29. The van der Waals surface area contributed by atoms with E-state index in [1.54, 1.807) is 28.4 Å². The highest BCUT2D eigenvalue weighted by Gasteiger charge is 2.21. The van der Waals surface area contributed by atoms with E-state index < -0.39 is 0 Å². The predicted octanol–water partition coefficient (Wildman–Crippen LogP) is 5.72. The summed E-state index contributed by atoms with van der Waals surface area (Å²) in [6, 6.07) is 19.7. The number of benzene rings is 2. The molecule has 7 nitrogen and oxygen atoms in total. The van der Waals surface area contributed by atoms with Crippen molar-refractivity contribution in [3.63, 3.8) is 0 Å². The molecule has 4 aromatic heterocycles. The Balaban J connectivity index is 1.41. The zero-order chi connectivity index (χ0) is 26.9. The number of rotatable bonds is 4. The second-order valence-corrected chi connectivity index (χ2v) is 10.1. The number of pyridine rings is 2. The normalized spacial score (nSPS) is 11.7. The van der Waals surface area contributed by atoms with Crippen molar-refractivity contribution in [1.82, 2.24) is 25.1 Å². The van der Waals surface area contributed by atoms with E-state index in [4.69, 9.17) is 5.73 Å². The van der Waals surface area contributed by atoms with Crippen LogP contribution < -0.4 is 11.1 Å². The standard InChI is InChI=1S/C31H24N6OS/c1-19(35-31(38)28-29-21(9-6-13-33-29)17-34-30(28)32)24-16-27-26(15-25(24)20-7-4-3-5-8-20)22(18-39-27)10-11-23-12-14-37(2)36-23/h3-9,12-19H,1-2H3,(H2,32,34)(H,35,38)/t19-/m1/s1. The van der Waals surface area contributed by atoms with Crippen molar-refractivity contribution in [1.29, 1.82) is 0 Å². The molecule has 0 spiro atoms. The molecule has 0 aliphatic rings. The van der Waals surface area contributed by atoms with Gasteiger partial charge in [-0.2, -0.15) is 5.10 Å². The van der Waals surface area contributed by atoms with Crippen LogP contribution in [0.4, 0.5) is 5.82 Å². The Labute approximate surface area is 229 Å². The van der Waals surface area contributed by atoms with Crippen molar-refractivity contribution < 1.29 is 4.79 Å². The van der Waals surface area contributed by atoms with Crippen LogP contribution in [0.1, 0.15) is 40.1 Å². The first kappa shape index (κ1) is 24.3. The second-order valence-electron chi connectivity index (χ2n) is 9.23. The molecule has 190 valence electrons. The van der Waals surface area contributed by atoms with E-state index in [1.165, 1.54) is 0 Å². The van der Waals surface area contributed by atoms with Gasteiger partial charge in [0.25, 0.3) is 5.91 Å². The quantitative estimate of drug-likeness (QED) is 0.285. The maximum atomic E-state index is 13.5. The lowest BCUT2D eigenvalue weighted by Crippen LogP contribution is -2.28. The molecule has 6 rings (SSSR count). The molecule has 1 atom stereocenters. The predicted molar refractivity (Wildman–Crippen MR) is 156 cm³/mol. The first-order valence-corrected chi connectivity index (χ1v) is 13.3. The number of nitrogens with two attached hydrogens (primary N) is 1. The maximum absolute atomic E-state index is 13.5. The second kappa shape index (κ2) is 10.0. The third kappa shape index (κ3) is 4.72. The molecular weight excluding hydrogens is 504 g/mol. The van der Waals surface area contributed by atoms with E-state index in [9.17, 15) is 4.79 Å². The summed E-state index contributed by atoms with van der Waals surface area (Å²) in [5.41, 5.74) is 11.7. The number of hydrogen-bond acceptors (Lipinski definition) is 6. The van der Waals surface area contributed by atoms with Gasteiger partial charge in [0.15, 0.2) is 0 Å². The number of fused-ring (bicyclic) bond motifs is 2. The van der Waals surface area contributed by atoms with Gasteiger partial charge in [-0.3, -0.25) is 14.5 Å². The number of anilines is 1. The first-order valence-electron chi connectivity index (χ1n) is 12.4. The van der Waals surface area contributed by atoms with Crippen molar-refractivity contribution in [2.75, 3.05) is 5.73 Å². The van der Waals surface area contributed by atoms with Gasteiger partial charge in [0.05, 0.1) is 11.6 Å². The van der Waals surface area contributed by atoms with Crippen LogP contribution in [0.25, 0.3) is 32.1 Å². The molecule has 0 unspecified atom stereocenters. The molecule has 1 amide bonds. The Morgan fingerprint density at radius 3 is 2.72 bits per heavy atom. The minimum atomic E-state index is -0.319. The zero-order valence-corrected chi connectivity index (χ0v) is 22.2. The van der Waals surface area contributed by atoms with Crippen LogP contribution in [-0.4, -0.2) is 25.7 Å². The van der Waals surface area contributed by atoms with Crippen LogP contribution in [0.5, 0.6) is 0 Å². The Bertz CT molecular complexity index is 1910. The molecule has 0 radical (unpaired) electrons. The van der Waals surface area contributed by atoms with E-state index in [0.717, 1.165) is 43.4 Å². The highest BCUT2D eigenvalue weighted by atomic mass is 32.1. The SMILES string of the molecule is C[C@@H](NC(=O)c1c(N)ncc2cccnc12)c1cc2scc(C#Cc3ccn(C)n3)c2cc1-c1ccccc1. The summed E-state index contributed by atoms with van der Waals surface area (Å²) in [7, 11) is 1.88.